The molecule has 0 aromatic rings. The van der Waals surface area contributed by atoms with Crippen LogP contribution in [0.3, 0.4) is 0 Å². The molecule has 0 rings (SSSR count). The van der Waals surface area contributed by atoms with E-state index >= 15 is 0 Å². The maximum Gasteiger partial charge on any atom is 0.195 e. The van der Waals surface area contributed by atoms with Crippen LogP contribution in [0.15, 0.2) is 9.98 Å². The van der Waals surface area contributed by atoms with Crippen LogP contribution in [0.2, 0.25) is 38.3 Å². The zero-order chi connectivity index (χ0) is 22.8. The number of hydrogen-bond donors (Lipinski definition) is 0. The fourth-order valence-electron chi connectivity index (χ4n) is 3.58. The SMILES string of the molecule is CN(C)C(=NCCC[Si](C)(C)O[Si](C)(C)CCCN=C(N(C)C)N(C)C)N(C)C. The van der Waals surface area contributed by atoms with Crippen molar-refractivity contribution in [2.45, 2.75) is 51.1 Å². The molecule has 0 aliphatic heterocycles. The summed E-state index contributed by atoms with van der Waals surface area (Å²) in [6.45, 7) is 11.2. The highest BCUT2D eigenvalue weighted by molar-refractivity contribution is 6.84. The van der Waals surface area contributed by atoms with E-state index in [1.54, 1.807) is 0 Å². The summed E-state index contributed by atoms with van der Waals surface area (Å²) in [6, 6.07) is 2.31. The Kier molecular flexibility index (Phi) is 12.1. The molecule has 0 N–H and O–H groups in total. The van der Waals surface area contributed by atoms with Crippen LogP contribution < -0.4 is 0 Å². The van der Waals surface area contributed by atoms with Gasteiger partial charge in [-0.25, -0.2) is 0 Å². The van der Waals surface area contributed by atoms with Crippen molar-refractivity contribution in [2.75, 3.05) is 69.5 Å². The Morgan fingerprint density at radius 2 is 0.862 bits per heavy atom. The van der Waals surface area contributed by atoms with Crippen molar-refractivity contribution in [3.05, 3.63) is 0 Å². The van der Waals surface area contributed by atoms with Gasteiger partial charge in [-0.05, 0) is 51.1 Å². The average Bonchev–Trinajstić information content (AvgIpc) is 2.51. The number of guanidine groups is 2. The zero-order valence-corrected chi connectivity index (χ0v) is 23.3. The van der Waals surface area contributed by atoms with Gasteiger partial charge in [0, 0.05) is 69.5 Å². The summed E-state index contributed by atoms with van der Waals surface area (Å²) in [7, 11) is 13.0. The van der Waals surface area contributed by atoms with Crippen molar-refractivity contribution < 1.29 is 4.12 Å². The molecule has 0 aromatic heterocycles. The molecule has 29 heavy (non-hydrogen) atoms. The lowest BCUT2D eigenvalue weighted by Gasteiger charge is -2.34. The minimum absolute atomic E-state index is 0.861. The summed E-state index contributed by atoms with van der Waals surface area (Å²) in [4.78, 5) is 17.8. The number of rotatable bonds is 10. The first-order valence-corrected chi connectivity index (χ1v) is 16.9. The van der Waals surface area contributed by atoms with Gasteiger partial charge in [0.1, 0.15) is 0 Å². The quantitative estimate of drug-likeness (QED) is 0.224. The van der Waals surface area contributed by atoms with Gasteiger partial charge < -0.3 is 23.7 Å². The van der Waals surface area contributed by atoms with Crippen LogP contribution >= 0.6 is 0 Å². The highest BCUT2D eigenvalue weighted by atomic mass is 28.4. The van der Waals surface area contributed by atoms with Gasteiger partial charge in [-0.3, -0.25) is 9.98 Å². The van der Waals surface area contributed by atoms with Gasteiger partial charge in [0.2, 0.25) is 0 Å². The van der Waals surface area contributed by atoms with Crippen LogP contribution in [0.1, 0.15) is 12.8 Å². The molecule has 0 aliphatic rings. The normalized spacial score (nSPS) is 11.7. The molecule has 0 saturated heterocycles. The lowest BCUT2D eigenvalue weighted by molar-refractivity contribution is 0.478. The van der Waals surface area contributed by atoms with Crippen LogP contribution in [0, 0.1) is 0 Å². The summed E-state index contributed by atoms with van der Waals surface area (Å²) in [6.07, 6.45) is 2.18. The maximum absolute atomic E-state index is 6.77. The van der Waals surface area contributed by atoms with Crippen LogP contribution in [0.25, 0.3) is 0 Å². The van der Waals surface area contributed by atoms with Gasteiger partial charge in [-0.15, -0.1) is 0 Å². The molecule has 0 unspecified atom stereocenters. The van der Waals surface area contributed by atoms with E-state index in [4.69, 9.17) is 14.1 Å². The predicted molar refractivity (Wildman–Crippen MR) is 134 cm³/mol. The van der Waals surface area contributed by atoms with Gasteiger partial charge in [0.15, 0.2) is 28.6 Å². The Bertz CT molecular complexity index is 465. The second-order valence-corrected chi connectivity index (χ2v) is 18.6. The van der Waals surface area contributed by atoms with Crippen LogP contribution in [-0.4, -0.2) is 118 Å². The standard InChI is InChI=1S/C20H48N6OSi2/c1-23(2)19(24(3)4)21-15-13-17-28(9,10)27-29(11,12)18-14-16-22-20(25(5)6)26(7)8/h13-18H2,1-12H3. The molecule has 0 heterocycles. The van der Waals surface area contributed by atoms with Gasteiger partial charge in [-0.2, -0.15) is 0 Å². The topological polar surface area (TPSA) is 46.9 Å². The molecule has 9 heteroatoms. The molecular formula is C20H48N6OSi2. The Balaban J connectivity index is 4.54. The summed E-state index contributed by atoms with van der Waals surface area (Å²) in [5.74, 6) is 2.05. The van der Waals surface area contributed by atoms with E-state index in [9.17, 15) is 0 Å². The van der Waals surface area contributed by atoms with E-state index in [0.717, 1.165) is 49.9 Å². The molecule has 0 amide bonds. The molecular weight excluding hydrogens is 396 g/mol. The van der Waals surface area contributed by atoms with Gasteiger partial charge in [0.05, 0.1) is 0 Å². The first-order chi connectivity index (χ1) is 13.2. The van der Waals surface area contributed by atoms with Crippen LogP contribution in [0.4, 0.5) is 0 Å². The average molecular weight is 445 g/mol. The van der Waals surface area contributed by atoms with Gasteiger partial charge in [-0.1, -0.05) is 0 Å². The molecule has 172 valence electrons. The highest BCUT2D eigenvalue weighted by Gasteiger charge is 2.32. The Hall–Kier alpha value is -1.07. The van der Waals surface area contributed by atoms with E-state index in [1.165, 1.54) is 0 Å². The summed E-state index contributed by atoms with van der Waals surface area (Å²) in [5.41, 5.74) is 0. The molecule has 0 aliphatic carbocycles. The first-order valence-electron chi connectivity index (χ1n) is 10.7. The molecule has 0 radical (unpaired) electrons. The molecule has 0 saturated carbocycles. The summed E-state index contributed by atoms with van der Waals surface area (Å²) >= 11 is 0. The maximum atomic E-state index is 6.77. The van der Waals surface area contributed by atoms with Crippen molar-refractivity contribution in [3.8, 4) is 0 Å². The third kappa shape index (κ3) is 12.3. The molecule has 0 bridgehead atoms. The van der Waals surface area contributed by atoms with Crippen molar-refractivity contribution >= 4 is 28.6 Å². The fourth-order valence-corrected chi connectivity index (χ4v) is 12.4. The molecule has 0 spiro atoms. The van der Waals surface area contributed by atoms with Crippen molar-refractivity contribution in [1.29, 1.82) is 0 Å². The first kappa shape index (κ1) is 27.9. The smallest absolute Gasteiger partial charge is 0.195 e. The lowest BCUT2D eigenvalue weighted by atomic mass is 10.5. The predicted octanol–water partition coefficient (Wildman–Crippen LogP) is 3.15. The number of aliphatic imine (C=N–C) groups is 2. The van der Waals surface area contributed by atoms with Gasteiger partial charge in [0.25, 0.3) is 0 Å². The lowest BCUT2D eigenvalue weighted by Crippen LogP contribution is -2.44. The Labute approximate surface area is 183 Å². The molecule has 0 atom stereocenters. The number of nitrogens with zero attached hydrogens (tertiary/aromatic N) is 6. The minimum atomic E-state index is -1.67. The van der Waals surface area contributed by atoms with Gasteiger partial charge >= 0.3 is 0 Å². The van der Waals surface area contributed by atoms with Crippen LogP contribution in [-0.2, 0) is 4.12 Å². The molecule has 7 nitrogen and oxygen atoms in total. The molecule has 0 aromatic carbocycles. The third-order valence-corrected chi connectivity index (χ3v) is 12.1. The Morgan fingerprint density at radius 1 is 0.586 bits per heavy atom. The van der Waals surface area contributed by atoms with Crippen molar-refractivity contribution in [1.82, 2.24) is 19.6 Å². The van der Waals surface area contributed by atoms with E-state index in [2.05, 4.69) is 45.8 Å². The largest absolute Gasteiger partial charge is 0.455 e. The second kappa shape index (κ2) is 12.6. The summed E-state index contributed by atoms with van der Waals surface area (Å²) < 4.78 is 6.77. The Morgan fingerprint density at radius 3 is 1.10 bits per heavy atom. The molecule has 0 fully saturated rings. The van der Waals surface area contributed by atoms with Crippen molar-refractivity contribution in [2.24, 2.45) is 9.98 Å². The monoisotopic (exact) mass is 444 g/mol. The zero-order valence-electron chi connectivity index (χ0n) is 21.3. The third-order valence-electron chi connectivity index (χ3n) is 4.53. The minimum Gasteiger partial charge on any atom is -0.455 e. The van der Waals surface area contributed by atoms with E-state index in [0.29, 0.717) is 0 Å². The van der Waals surface area contributed by atoms with Crippen LogP contribution in [0.5, 0.6) is 0 Å². The highest BCUT2D eigenvalue weighted by Crippen LogP contribution is 2.23. The second-order valence-electron chi connectivity index (χ2n) is 9.77. The van der Waals surface area contributed by atoms with Crippen molar-refractivity contribution in [3.63, 3.8) is 0 Å². The fraction of sp³-hybridized carbons (Fsp3) is 0.900. The van der Waals surface area contributed by atoms with E-state index < -0.39 is 16.6 Å². The number of hydrogen-bond acceptors (Lipinski definition) is 3. The van der Waals surface area contributed by atoms with E-state index in [-0.39, 0.29) is 0 Å². The summed E-state index contributed by atoms with van der Waals surface area (Å²) in [5, 5.41) is 0. The van der Waals surface area contributed by atoms with E-state index in [1.807, 2.05) is 56.4 Å².